The average Bonchev–Trinajstić information content (AvgIpc) is 2.71. The van der Waals surface area contributed by atoms with Gasteiger partial charge in [0, 0.05) is 17.4 Å². The fourth-order valence-electron chi connectivity index (χ4n) is 2.16. The maximum Gasteiger partial charge on any atom is 0.247 e. The van der Waals surface area contributed by atoms with Crippen molar-refractivity contribution in [2.75, 3.05) is 23.0 Å². The molecule has 3 N–H and O–H groups in total. The van der Waals surface area contributed by atoms with Gasteiger partial charge >= 0.3 is 0 Å². The molecule has 3 rings (SSSR count). The number of nitrogens with zero attached hydrogens (tertiary/aromatic N) is 3. The number of hydrogen-bond donors (Lipinski definition) is 3. The van der Waals surface area contributed by atoms with Crippen LogP contribution in [0.2, 0.25) is 0 Å². The predicted octanol–water partition coefficient (Wildman–Crippen LogP) is 3.63. The van der Waals surface area contributed by atoms with Crippen molar-refractivity contribution in [3.8, 4) is 5.88 Å². The lowest BCUT2D eigenvalue weighted by molar-refractivity contribution is -0.111. The number of amides is 1. The molecule has 2 aromatic heterocycles. The maximum absolute atomic E-state index is 14.2. The van der Waals surface area contributed by atoms with E-state index in [4.69, 9.17) is 4.11 Å². The van der Waals surface area contributed by atoms with Gasteiger partial charge in [0.1, 0.15) is 0 Å². The molecule has 2 heterocycles. The van der Waals surface area contributed by atoms with E-state index in [0.29, 0.717) is 17.1 Å². The molecule has 0 fully saturated rings. The van der Waals surface area contributed by atoms with E-state index in [1.807, 2.05) is 0 Å². The van der Waals surface area contributed by atoms with Crippen LogP contribution in [0.25, 0.3) is 0 Å². The van der Waals surface area contributed by atoms with E-state index in [-0.39, 0.29) is 23.6 Å². The molecule has 1 aromatic carbocycles. The van der Waals surface area contributed by atoms with Crippen molar-refractivity contribution in [2.45, 2.75) is 0 Å². The maximum atomic E-state index is 14.2. The molecule has 3 aromatic rings. The molecule has 0 saturated carbocycles. The van der Waals surface area contributed by atoms with Crippen LogP contribution in [0.15, 0.2) is 61.4 Å². The van der Waals surface area contributed by atoms with Crippen LogP contribution >= 0.6 is 0 Å². The summed E-state index contributed by atoms with van der Waals surface area (Å²) in [6.45, 7) is 3.39. The Balaban J connectivity index is 1.73. The Labute approximate surface area is 164 Å². The van der Waals surface area contributed by atoms with E-state index < -0.39 is 12.9 Å². The number of rotatable bonds is 7. The first-order chi connectivity index (χ1) is 14.7. The van der Waals surface area contributed by atoms with Crippen molar-refractivity contribution < 1.29 is 18.0 Å². The minimum Gasteiger partial charge on any atom is -0.481 e. The van der Waals surface area contributed by atoms with Crippen LogP contribution in [0.4, 0.5) is 33.2 Å². The summed E-state index contributed by atoms with van der Waals surface area (Å²) in [5.41, 5.74) is 1.41. The molecule has 9 heteroatoms. The van der Waals surface area contributed by atoms with Crippen LogP contribution < -0.4 is 20.7 Å². The van der Waals surface area contributed by atoms with Gasteiger partial charge in [0.2, 0.25) is 17.7 Å². The van der Waals surface area contributed by atoms with Crippen LogP contribution in [0, 0.1) is 5.82 Å². The quantitative estimate of drug-likeness (QED) is 0.536. The minimum absolute atomic E-state index is 0.0728. The Bertz CT molecular complexity index is 1090. The number of benzene rings is 1. The van der Waals surface area contributed by atoms with Crippen molar-refractivity contribution >= 4 is 34.7 Å². The average molecular weight is 383 g/mol. The Hall–Kier alpha value is -4.01. The number of halogens is 1. The monoisotopic (exact) mass is 383 g/mol. The number of methoxy groups -OCH3 is 1. The van der Waals surface area contributed by atoms with Gasteiger partial charge in [0.05, 0.1) is 29.2 Å². The van der Waals surface area contributed by atoms with E-state index >= 15 is 0 Å². The van der Waals surface area contributed by atoms with E-state index in [0.717, 1.165) is 12.3 Å². The molecule has 142 valence electrons. The minimum atomic E-state index is -2.60. The second-order valence-corrected chi connectivity index (χ2v) is 5.40. The summed E-state index contributed by atoms with van der Waals surface area (Å²) < 4.78 is 40.1. The zero-order chi connectivity index (χ0) is 22.4. The summed E-state index contributed by atoms with van der Waals surface area (Å²) in [4.78, 5) is 23.3. The lowest BCUT2D eigenvalue weighted by atomic mass is 10.2. The number of aromatic nitrogens is 3. The first-order valence-corrected chi connectivity index (χ1v) is 7.97. The zero-order valence-electron chi connectivity index (χ0n) is 17.4. The summed E-state index contributed by atoms with van der Waals surface area (Å²) in [5, 5.41) is 8.27. The summed E-state index contributed by atoms with van der Waals surface area (Å²) >= 11 is 0. The fraction of sp³-hybridized carbons (Fsp3) is 0.0526. The third-order valence-corrected chi connectivity index (χ3v) is 3.42. The molecule has 0 radical (unpaired) electrons. The van der Waals surface area contributed by atoms with Gasteiger partial charge in [0.15, 0.2) is 11.6 Å². The molecule has 0 atom stereocenters. The van der Waals surface area contributed by atoms with Gasteiger partial charge in [0.25, 0.3) is 0 Å². The number of pyridine rings is 1. The van der Waals surface area contributed by atoms with Crippen molar-refractivity contribution in [1.82, 2.24) is 15.0 Å². The lowest BCUT2D eigenvalue weighted by Crippen LogP contribution is -2.07. The lowest BCUT2D eigenvalue weighted by Gasteiger charge is -2.11. The standard InChI is InChI=1S/C19H17FN6O2/c1-3-16(27)23-12-5-4-6-13(9-12)24-18-15(20)11-22-19(26-18)25-14-7-8-17(28-2)21-10-14/h3-11H,1H2,2H3,(H,23,27)(H2,22,24,25,26)/i2D3. The summed E-state index contributed by atoms with van der Waals surface area (Å²) in [6.07, 6.45) is 3.45. The third-order valence-electron chi connectivity index (χ3n) is 3.42. The van der Waals surface area contributed by atoms with Crippen molar-refractivity contribution in [1.29, 1.82) is 0 Å². The van der Waals surface area contributed by atoms with E-state index in [1.165, 1.54) is 18.3 Å². The van der Waals surface area contributed by atoms with Crippen LogP contribution in [-0.4, -0.2) is 27.9 Å². The van der Waals surface area contributed by atoms with Crippen molar-refractivity contribution in [3.05, 3.63) is 67.3 Å². The van der Waals surface area contributed by atoms with Gasteiger partial charge in [-0.15, -0.1) is 0 Å². The normalized spacial score (nSPS) is 12.1. The van der Waals surface area contributed by atoms with Crippen molar-refractivity contribution in [2.24, 2.45) is 0 Å². The van der Waals surface area contributed by atoms with Crippen LogP contribution in [0.3, 0.4) is 0 Å². The Kier molecular flexibility index (Phi) is 4.62. The molecule has 0 unspecified atom stereocenters. The highest BCUT2D eigenvalue weighted by molar-refractivity contribution is 5.99. The molecule has 1 amide bonds. The molecule has 0 spiro atoms. The first kappa shape index (κ1) is 15.1. The van der Waals surface area contributed by atoms with Gasteiger partial charge in [-0.05, 0) is 30.3 Å². The number of hydrogen-bond acceptors (Lipinski definition) is 7. The highest BCUT2D eigenvalue weighted by atomic mass is 19.1. The summed E-state index contributed by atoms with van der Waals surface area (Å²) in [6, 6.07) is 9.49. The predicted molar refractivity (Wildman–Crippen MR) is 105 cm³/mol. The highest BCUT2D eigenvalue weighted by Crippen LogP contribution is 2.23. The number of ether oxygens (including phenoxy) is 1. The Morgan fingerprint density at radius 1 is 1.18 bits per heavy atom. The molecule has 0 bridgehead atoms. The highest BCUT2D eigenvalue weighted by Gasteiger charge is 2.09. The van der Waals surface area contributed by atoms with Gasteiger partial charge < -0.3 is 20.7 Å². The van der Waals surface area contributed by atoms with Crippen LogP contribution in [0.1, 0.15) is 4.11 Å². The number of nitrogens with one attached hydrogen (secondary N) is 3. The van der Waals surface area contributed by atoms with E-state index in [1.54, 1.807) is 24.3 Å². The molecule has 8 nitrogen and oxygen atoms in total. The van der Waals surface area contributed by atoms with Crippen LogP contribution in [-0.2, 0) is 4.79 Å². The van der Waals surface area contributed by atoms with Gasteiger partial charge in [-0.25, -0.2) is 14.4 Å². The van der Waals surface area contributed by atoms with Crippen molar-refractivity contribution in [3.63, 3.8) is 0 Å². The molecular formula is C19H17FN6O2. The topological polar surface area (TPSA) is 101 Å². The van der Waals surface area contributed by atoms with E-state index in [9.17, 15) is 9.18 Å². The molecule has 0 aliphatic carbocycles. The largest absolute Gasteiger partial charge is 0.481 e. The zero-order valence-corrected chi connectivity index (χ0v) is 14.4. The van der Waals surface area contributed by atoms with E-state index in [2.05, 4.69) is 42.2 Å². The molecule has 0 saturated heterocycles. The molecule has 0 aliphatic rings. The summed E-state index contributed by atoms with van der Waals surface area (Å²) in [7, 11) is -2.60. The van der Waals surface area contributed by atoms with Crippen LogP contribution in [0.5, 0.6) is 5.88 Å². The molecular weight excluding hydrogens is 363 g/mol. The molecule has 28 heavy (non-hydrogen) atoms. The first-order valence-electron chi connectivity index (χ1n) is 9.47. The molecule has 0 aliphatic heterocycles. The summed E-state index contributed by atoms with van der Waals surface area (Å²) in [5.74, 6) is -1.16. The second kappa shape index (κ2) is 8.58. The SMILES string of the molecule is [2H]C([2H])([2H])Oc1ccc(Nc2ncc(F)c(Nc3cccc(NC(=O)C=C)c3)n2)cn1. The fourth-order valence-corrected chi connectivity index (χ4v) is 2.16. The smallest absolute Gasteiger partial charge is 0.247 e. The Morgan fingerprint density at radius 3 is 2.79 bits per heavy atom. The van der Waals surface area contributed by atoms with Gasteiger partial charge in [-0.2, -0.15) is 4.98 Å². The second-order valence-electron chi connectivity index (χ2n) is 5.40. The number of carbonyl (C=O) groups excluding carboxylic acids is 1. The van der Waals surface area contributed by atoms with Gasteiger partial charge in [-0.1, -0.05) is 12.6 Å². The number of anilines is 5. The van der Waals surface area contributed by atoms with Gasteiger partial charge in [-0.3, -0.25) is 4.79 Å². The Morgan fingerprint density at radius 2 is 2.04 bits per heavy atom. The third kappa shape index (κ3) is 4.79. The number of carbonyl (C=O) groups is 1.